The van der Waals surface area contributed by atoms with Gasteiger partial charge in [0.15, 0.2) is 0 Å². The fourth-order valence-electron chi connectivity index (χ4n) is 3.30. The lowest BCUT2D eigenvalue weighted by molar-refractivity contribution is -0.126. The molecule has 3 rings (SSSR count). The molecule has 2 amide bonds. The van der Waals surface area contributed by atoms with Crippen LogP contribution in [0.25, 0.3) is 0 Å². The van der Waals surface area contributed by atoms with Crippen molar-refractivity contribution in [3.8, 4) is 0 Å². The van der Waals surface area contributed by atoms with Crippen molar-refractivity contribution in [2.75, 3.05) is 17.2 Å². The topological polar surface area (TPSA) is 130 Å². The number of aliphatic hydroxyl groups is 1. The molecule has 32 heavy (non-hydrogen) atoms. The molecular formula is C21H32N6O3S2. The van der Waals surface area contributed by atoms with Gasteiger partial charge in [0, 0.05) is 17.3 Å². The number of hydrogen-bond acceptors (Lipinski definition) is 9. The molecule has 2 aromatic rings. The molecule has 1 aliphatic carbocycles. The molecule has 0 spiro atoms. The van der Waals surface area contributed by atoms with E-state index in [1.165, 1.54) is 22.7 Å². The normalized spacial score (nSPS) is 19.6. The van der Waals surface area contributed by atoms with Gasteiger partial charge in [0.05, 0.1) is 12.0 Å². The van der Waals surface area contributed by atoms with Gasteiger partial charge in [0.25, 0.3) is 0 Å². The Bertz CT molecular complexity index is 881. The highest BCUT2D eigenvalue weighted by Gasteiger charge is 2.32. The van der Waals surface area contributed by atoms with Gasteiger partial charge in [-0.25, -0.2) is 0 Å². The zero-order chi connectivity index (χ0) is 23.5. The first-order chi connectivity index (χ1) is 15.1. The Morgan fingerprint density at radius 1 is 0.906 bits per heavy atom. The van der Waals surface area contributed by atoms with E-state index in [0.717, 1.165) is 42.1 Å². The lowest BCUT2D eigenvalue weighted by atomic mass is 9.82. The Morgan fingerprint density at radius 3 is 1.81 bits per heavy atom. The largest absolute Gasteiger partial charge is 0.395 e. The monoisotopic (exact) mass is 480 g/mol. The summed E-state index contributed by atoms with van der Waals surface area (Å²) < 4.78 is 0. The predicted octanol–water partition coefficient (Wildman–Crippen LogP) is 4.16. The molecule has 0 saturated heterocycles. The molecule has 2 aromatic heterocycles. The molecule has 176 valence electrons. The van der Waals surface area contributed by atoms with Crippen LogP contribution in [0.5, 0.6) is 0 Å². The average Bonchev–Trinajstić information content (AvgIpc) is 3.43. The highest BCUT2D eigenvalue weighted by molar-refractivity contribution is 7.15. The molecular weight excluding hydrogens is 448 g/mol. The minimum Gasteiger partial charge on any atom is -0.395 e. The Kier molecular flexibility index (Phi) is 7.61. The van der Waals surface area contributed by atoms with Crippen LogP contribution in [0.1, 0.15) is 88.6 Å². The number of nitrogens with one attached hydrogen (secondary N) is 2. The summed E-state index contributed by atoms with van der Waals surface area (Å²) in [5, 5.41) is 34.8. The van der Waals surface area contributed by atoms with Crippen LogP contribution in [0.15, 0.2) is 0 Å². The second-order valence-electron chi connectivity index (χ2n) is 9.64. The fourth-order valence-corrected chi connectivity index (χ4v) is 5.08. The first-order valence-electron chi connectivity index (χ1n) is 11.0. The summed E-state index contributed by atoms with van der Waals surface area (Å²) in [6, 6.07) is 0. The van der Waals surface area contributed by atoms with Crippen molar-refractivity contribution < 1.29 is 14.7 Å². The van der Waals surface area contributed by atoms with E-state index in [2.05, 4.69) is 31.0 Å². The molecule has 2 heterocycles. The molecule has 9 nitrogen and oxygen atoms in total. The molecule has 2 atom stereocenters. The maximum atomic E-state index is 12.4. The highest BCUT2D eigenvalue weighted by atomic mass is 32.1. The third kappa shape index (κ3) is 5.68. The molecule has 1 aliphatic rings. The third-order valence-electron chi connectivity index (χ3n) is 6.20. The summed E-state index contributed by atoms with van der Waals surface area (Å²) in [6.07, 6.45) is 4.70. The van der Waals surface area contributed by atoms with Crippen molar-refractivity contribution >= 4 is 44.8 Å². The van der Waals surface area contributed by atoms with E-state index >= 15 is 0 Å². The van der Waals surface area contributed by atoms with E-state index in [1.54, 1.807) is 13.8 Å². The number of amides is 2. The number of carbonyl (C=O) groups is 2. The smallest absolute Gasteiger partial charge is 0.234 e. The van der Waals surface area contributed by atoms with Crippen molar-refractivity contribution in [2.45, 2.75) is 78.6 Å². The summed E-state index contributed by atoms with van der Waals surface area (Å²) in [7, 11) is 0. The van der Waals surface area contributed by atoms with Gasteiger partial charge in [0.2, 0.25) is 22.1 Å². The van der Waals surface area contributed by atoms with E-state index < -0.39 is 10.8 Å². The van der Waals surface area contributed by atoms with Crippen LogP contribution >= 0.6 is 22.7 Å². The number of aliphatic hydroxyl groups excluding tert-OH is 1. The van der Waals surface area contributed by atoms with Gasteiger partial charge in [0.1, 0.15) is 10.0 Å². The van der Waals surface area contributed by atoms with Gasteiger partial charge in [-0.1, -0.05) is 49.9 Å². The molecule has 1 fully saturated rings. The van der Waals surface area contributed by atoms with Gasteiger partial charge in [-0.05, 0) is 39.5 Å². The second-order valence-corrected chi connectivity index (χ2v) is 11.7. The predicted molar refractivity (Wildman–Crippen MR) is 126 cm³/mol. The van der Waals surface area contributed by atoms with Gasteiger partial charge in [-0.3, -0.25) is 14.9 Å². The SMILES string of the molecule is CCC(C)(C)C(=O)Nc1nnc([C@H]2CCC[C@H](c3nnc(NC(=O)C(C)(C)CO)s3)C2)s1. The Hall–Kier alpha value is -1.98. The first-order valence-corrected chi connectivity index (χ1v) is 12.6. The van der Waals surface area contributed by atoms with E-state index in [0.29, 0.717) is 10.3 Å². The minimum atomic E-state index is -0.876. The molecule has 0 radical (unpaired) electrons. The first kappa shape index (κ1) is 24.7. The molecule has 11 heteroatoms. The van der Waals surface area contributed by atoms with E-state index in [-0.39, 0.29) is 30.3 Å². The second kappa shape index (κ2) is 9.88. The van der Waals surface area contributed by atoms with Gasteiger partial charge >= 0.3 is 0 Å². The van der Waals surface area contributed by atoms with Crippen molar-refractivity contribution in [1.82, 2.24) is 20.4 Å². The van der Waals surface area contributed by atoms with Crippen LogP contribution in [0.2, 0.25) is 0 Å². The molecule has 1 saturated carbocycles. The zero-order valence-electron chi connectivity index (χ0n) is 19.3. The number of carbonyl (C=O) groups excluding carboxylic acids is 2. The standard InChI is InChI=1S/C21H32N6O3S2/c1-6-20(2,3)16(29)22-18-26-24-14(31-18)12-8-7-9-13(10-12)15-25-27-19(32-15)23-17(30)21(4,5)11-28/h12-13,28H,6-11H2,1-5H3,(H,22,26,29)(H,23,27,30)/t12-,13-/m0/s1. The number of anilines is 2. The molecule has 0 aromatic carbocycles. The van der Waals surface area contributed by atoms with Crippen molar-refractivity contribution in [3.05, 3.63) is 10.0 Å². The van der Waals surface area contributed by atoms with Crippen LogP contribution in [0.4, 0.5) is 10.3 Å². The van der Waals surface area contributed by atoms with Crippen LogP contribution < -0.4 is 10.6 Å². The van der Waals surface area contributed by atoms with E-state index in [4.69, 9.17) is 0 Å². The molecule has 3 N–H and O–H groups in total. The number of hydrogen-bond donors (Lipinski definition) is 3. The van der Waals surface area contributed by atoms with Crippen LogP contribution in [-0.2, 0) is 9.59 Å². The number of nitrogens with zero attached hydrogens (tertiary/aromatic N) is 4. The Morgan fingerprint density at radius 2 is 1.38 bits per heavy atom. The third-order valence-corrected chi connectivity index (χ3v) is 8.21. The lowest BCUT2D eigenvalue weighted by Gasteiger charge is -2.25. The van der Waals surface area contributed by atoms with Gasteiger partial charge < -0.3 is 10.4 Å². The van der Waals surface area contributed by atoms with Gasteiger partial charge in [-0.2, -0.15) is 0 Å². The highest BCUT2D eigenvalue weighted by Crippen LogP contribution is 2.43. The van der Waals surface area contributed by atoms with Crippen molar-refractivity contribution in [1.29, 1.82) is 0 Å². The maximum Gasteiger partial charge on any atom is 0.234 e. The molecule has 0 bridgehead atoms. The zero-order valence-corrected chi connectivity index (χ0v) is 20.9. The summed E-state index contributed by atoms with van der Waals surface area (Å²) in [4.78, 5) is 24.7. The number of aromatic nitrogens is 4. The minimum absolute atomic E-state index is 0.0444. The van der Waals surface area contributed by atoms with Crippen LogP contribution in [-0.4, -0.2) is 43.9 Å². The number of rotatable bonds is 8. The maximum absolute atomic E-state index is 12.4. The molecule has 0 aliphatic heterocycles. The summed E-state index contributed by atoms with van der Waals surface area (Å²) in [6.45, 7) is 8.94. The Balaban J connectivity index is 1.63. The van der Waals surface area contributed by atoms with E-state index in [1.807, 2.05) is 20.8 Å². The van der Waals surface area contributed by atoms with E-state index in [9.17, 15) is 14.7 Å². The van der Waals surface area contributed by atoms with Crippen molar-refractivity contribution in [2.24, 2.45) is 10.8 Å². The summed E-state index contributed by atoms with van der Waals surface area (Å²) in [5.41, 5.74) is -1.32. The quantitative estimate of drug-likeness (QED) is 0.517. The summed E-state index contributed by atoms with van der Waals surface area (Å²) in [5.74, 6) is 0.172. The Labute approximate surface area is 196 Å². The van der Waals surface area contributed by atoms with Gasteiger partial charge in [-0.15, -0.1) is 20.4 Å². The van der Waals surface area contributed by atoms with Crippen LogP contribution in [0.3, 0.4) is 0 Å². The fraction of sp³-hybridized carbons (Fsp3) is 0.714. The van der Waals surface area contributed by atoms with Crippen molar-refractivity contribution in [3.63, 3.8) is 0 Å². The van der Waals surface area contributed by atoms with Crippen LogP contribution in [0, 0.1) is 10.8 Å². The lowest BCUT2D eigenvalue weighted by Crippen LogP contribution is -2.33. The molecule has 0 unspecified atom stereocenters. The average molecular weight is 481 g/mol. The summed E-state index contributed by atoms with van der Waals surface area (Å²) >= 11 is 2.83.